The number of carboxylic acids is 1. The van der Waals surface area contributed by atoms with Crippen LogP contribution in [0.25, 0.3) is 0 Å². The maximum atomic E-state index is 12.6. The lowest BCUT2D eigenvalue weighted by molar-refractivity contribution is -0.136. The molecule has 1 aromatic rings. The van der Waals surface area contributed by atoms with Crippen molar-refractivity contribution in [1.82, 2.24) is 4.98 Å². The molecule has 0 aliphatic carbocycles. The first-order valence-electron chi connectivity index (χ1n) is 4.43. The number of carboxylic acid groups (broad SMARTS) is 1. The van der Waals surface area contributed by atoms with Crippen molar-refractivity contribution in [2.45, 2.75) is 19.4 Å². The van der Waals surface area contributed by atoms with Crippen molar-refractivity contribution < 1.29 is 18.7 Å². The monoisotopic (exact) mass is 231 g/mol. The summed E-state index contributed by atoms with van der Waals surface area (Å²) in [5.74, 6) is -1.11. The summed E-state index contributed by atoms with van der Waals surface area (Å²) < 4.78 is 25.2. The van der Waals surface area contributed by atoms with Gasteiger partial charge in [0.05, 0.1) is 23.4 Å². The van der Waals surface area contributed by atoms with E-state index in [2.05, 4.69) is 4.98 Å². The molecular formula is C9H11F2N3O2. The van der Waals surface area contributed by atoms with Crippen LogP contribution in [0.3, 0.4) is 0 Å². The van der Waals surface area contributed by atoms with E-state index in [1.807, 2.05) is 0 Å². The van der Waals surface area contributed by atoms with Gasteiger partial charge in [0.25, 0.3) is 6.43 Å². The molecule has 16 heavy (non-hydrogen) atoms. The van der Waals surface area contributed by atoms with Crippen LogP contribution in [0.5, 0.6) is 0 Å². The zero-order valence-electron chi connectivity index (χ0n) is 8.28. The summed E-state index contributed by atoms with van der Waals surface area (Å²) in [4.78, 5) is 14.2. The molecule has 88 valence electrons. The second kappa shape index (κ2) is 4.84. The quantitative estimate of drug-likeness (QED) is 0.707. The molecular weight excluding hydrogens is 220 g/mol. The van der Waals surface area contributed by atoms with Crippen molar-refractivity contribution in [2.24, 2.45) is 5.73 Å². The van der Waals surface area contributed by atoms with Crippen LogP contribution >= 0.6 is 0 Å². The van der Waals surface area contributed by atoms with Gasteiger partial charge in [0, 0.05) is 12.2 Å². The lowest BCUT2D eigenvalue weighted by atomic mass is 10.1. The molecule has 1 rings (SSSR count). The van der Waals surface area contributed by atoms with E-state index < -0.39 is 18.0 Å². The van der Waals surface area contributed by atoms with Crippen LogP contribution < -0.4 is 11.5 Å². The third-order valence-electron chi connectivity index (χ3n) is 1.97. The molecule has 7 heteroatoms. The molecule has 0 atom stereocenters. The molecule has 0 radical (unpaired) electrons. The minimum atomic E-state index is -2.77. The van der Waals surface area contributed by atoms with Gasteiger partial charge in [-0.15, -0.1) is 0 Å². The number of nitrogens with zero attached hydrogens (tertiary/aromatic N) is 1. The van der Waals surface area contributed by atoms with Crippen LogP contribution in [0.4, 0.5) is 14.5 Å². The summed E-state index contributed by atoms with van der Waals surface area (Å²) in [5.41, 5.74) is 10.1. The zero-order chi connectivity index (χ0) is 12.3. The molecule has 5 nitrogen and oxygen atoms in total. The van der Waals surface area contributed by atoms with Crippen molar-refractivity contribution in [1.29, 1.82) is 0 Å². The lowest BCUT2D eigenvalue weighted by Gasteiger charge is -2.11. The molecule has 0 aromatic carbocycles. The molecule has 1 heterocycles. The van der Waals surface area contributed by atoms with Crippen molar-refractivity contribution >= 4 is 11.7 Å². The third kappa shape index (κ3) is 2.63. The summed E-state index contributed by atoms with van der Waals surface area (Å²) in [6, 6.07) is 1.13. The van der Waals surface area contributed by atoms with Crippen LogP contribution in [0.15, 0.2) is 6.07 Å². The number of carbonyl (C=O) groups is 1. The summed E-state index contributed by atoms with van der Waals surface area (Å²) in [7, 11) is 0. The number of anilines is 1. The SMILES string of the molecule is NCc1nc(CC(=O)O)cc(N)c1C(F)F. The highest BCUT2D eigenvalue weighted by atomic mass is 19.3. The third-order valence-corrected chi connectivity index (χ3v) is 1.97. The highest BCUT2D eigenvalue weighted by molar-refractivity contribution is 5.70. The first kappa shape index (κ1) is 12.3. The van der Waals surface area contributed by atoms with Crippen molar-refractivity contribution in [3.05, 3.63) is 23.0 Å². The van der Waals surface area contributed by atoms with E-state index in [4.69, 9.17) is 16.6 Å². The second-order valence-corrected chi connectivity index (χ2v) is 3.14. The Morgan fingerprint density at radius 1 is 1.56 bits per heavy atom. The summed E-state index contributed by atoms with van der Waals surface area (Å²) in [5, 5.41) is 8.54. The number of rotatable bonds is 4. The highest BCUT2D eigenvalue weighted by Crippen LogP contribution is 2.28. The molecule has 0 fully saturated rings. The largest absolute Gasteiger partial charge is 0.481 e. The van der Waals surface area contributed by atoms with Crippen LogP contribution in [0.2, 0.25) is 0 Å². The fourth-order valence-corrected chi connectivity index (χ4v) is 1.34. The van der Waals surface area contributed by atoms with E-state index in [9.17, 15) is 13.6 Å². The predicted octanol–water partition coefficient (Wildman–Crippen LogP) is 0.687. The van der Waals surface area contributed by atoms with Crippen LogP contribution in [0.1, 0.15) is 23.4 Å². The number of nitrogens with two attached hydrogens (primary N) is 2. The summed E-state index contributed by atoms with van der Waals surface area (Å²) in [6.07, 6.45) is -3.15. The van der Waals surface area contributed by atoms with Crippen molar-refractivity contribution in [3.63, 3.8) is 0 Å². The van der Waals surface area contributed by atoms with E-state index in [1.54, 1.807) is 0 Å². The van der Waals surface area contributed by atoms with E-state index in [-0.39, 0.29) is 30.0 Å². The van der Waals surface area contributed by atoms with Gasteiger partial charge in [0.1, 0.15) is 0 Å². The average Bonchev–Trinajstić information content (AvgIpc) is 2.14. The Morgan fingerprint density at radius 2 is 2.19 bits per heavy atom. The van der Waals surface area contributed by atoms with Crippen LogP contribution in [-0.2, 0) is 17.8 Å². The fourth-order valence-electron chi connectivity index (χ4n) is 1.34. The van der Waals surface area contributed by atoms with Gasteiger partial charge in [-0.1, -0.05) is 0 Å². The lowest BCUT2D eigenvalue weighted by Crippen LogP contribution is -2.12. The minimum absolute atomic E-state index is 0.0637. The number of hydrogen-bond donors (Lipinski definition) is 3. The minimum Gasteiger partial charge on any atom is -0.481 e. The van der Waals surface area contributed by atoms with Crippen molar-refractivity contribution in [2.75, 3.05) is 5.73 Å². The molecule has 0 amide bonds. The highest BCUT2D eigenvalue weighted by Gasteiger charge is 2.19. The molecule has 0 aliphatic heterocycles. The second-order valence-electron chi connectivity index (χ2n) is 3.14. The molecule has 5 N–H and O–H groups in total. The van der Waals surface area contributed by atoms with E-state index in [0.717, 1.165) is 6.07 Å². The molecule has 0 unspecified atom stereocenters. The maximum Gasteiger partial charge on any atom is 0.309 e. The Labute approximate surface area is 90.1 Å². The summed E-state index contributed by atoms with van der Waals surface area (Å²) >= 11 is 0. The number of aromatic nitrogens is 1. The molecule has 1 aromatic heterocycles. The number of nitrogen functional groups attached to an aromatic ring is 1. The van der Waals surface area contributed by atoms with E-state index >= 15 is 0 Å². The van der Waals surface area contributed by atoms with Gasteiger partial charge in [0.2, 0.25) is 0 Å². The van der Waals surface area contributed by atoms with Gasteiger partial charge < -0.3 is 16.6 Å². The Morgan fingerprint density at radius 3 is 2.62 bits per heavy atom. The predicted molar refractivity (Wildman–Crippen MR) is 52.8 cm³/mol. The first-order valence-corrected chi connectivity index (χ1v) is 4.43. The Balaban J connectivity index is 3.20. The standard InChI is InChI=1S/C9H11F2N3O2/c10-9(11)8-5(13)1-4(2-7(15)16)14-6(8)3-12/h1,9H,2-3,12H2,(H2,13,14)(H,15,16). The number of pyridine rings is 1. The van der Waals surface area contributed by atoms with Crippen molar-refractivity contribution in [3.8, 4) is 0 Å². The number of aliphatic carboxylic acids is 1. The van der Waals surface area contributed by atoms with Gasteiger partial charge in [-0.25, -0.2) is 8.78 Å². The molecule has 0 aliphatic rings. The van der Waals surface area contributed by atoms with Gasteiger partial charge in [-0.2, -0.15) is 0 Å². The Hall–Kier alpha value is -1.76. The van der Waals surface area contributed by atoms with Crippen LogP contribution in [-0.4, -0.2) is 16.1 Å². The first-order chi connectivity index (χ1) is 7.45. The fraction of sp³-hybridized carbons (Fsp3) is 0.333. The van der Waals surface area contributed by atoms with E-state index in [0.29, 0.717) is 0 Å². The van der Waals surface area contributed by atoms with Gasteiger partial charge in [-0.05, 0) is 6.07 Å². The topological polar surface area (TPSA) is 102 Å². The molecule has 0 bridgehead atoms. The number of hydrogen-bond acceptors (Lipinski definition) is 4. The molecule has 0 spiro atoms. The smallest absolute Gasteiger partial charge is 0.309 e. The van der Waals surface area contributed by atoms with Gasteiger partial charge >= 0.3 is 5.97 Å². The molecule has 0 saturated carbocycles. The molecule has 0 saturated heterocycles. The maximum absolute atomic E-state index is 12.6. The summed E-state index contributed by atoms with van der Waals surface area (Å²) in [6.45, 7) is -0.211. The van der Waals surface area contributed by atoms with E-state index in [1.165, 1.54) is 0 Å². The van der Waals surface area contributed by atoms with Crippen LogP contribution in [0, 0.1) is 0 Å². The van der Waals surface area contributed by atoms with Gasteiger partial charge in [-0.3, -0.25) is 9.78 Å². The average molecular weight is 231 g/mol. The zero-order valence-corrected chi connectivity index (χ0v) is 8.28. The Bertz CT molecular complexity index is 410. The normalized spacial score (nSPS) is 10.8. The number of halogens is 2. The van der Waals surface area contributed by atoms with Gasteiger partial charge in [0.15, 0.2) is 0 Å². The number of alkyl halides is 2. The Kier molecular flexibility index (Phi) is 3.73.